The third kappa shape index (κ3) is 1.55. The van der Waals surface area contributed by atoms with Gasteiger partial charge in [0, 0.05) is 5.57 Å². The summed E-state index contributed by atoms with van der Waals surface area (Å²) < 4.78 is 18.4. The molecule has 1 aliphatic rings. The number of carbonyl (C=O) groups excluding carboxylic acids is 1. The van der Waals surface area contributed by atoms with Gasteiger partial charge in [-0.2, -0.15) is 0 Å². The number of carbonyl (C=O) groups is 1. The summed E-state index contributed by atoms with van der Waals surface area (Å²) in [6, 6.07) is 4.17. The van der Waals surface area contributed by atoms with E-state index >= 15 is 0 Å². The number of esters is 1. The highest BCUT2D eigenvalue weighted by atomic mass is 35.5. The van der Waals surface area contributed by atoms with E-state index in [-0.39, 0.29) is 16.2 Å². The second-order valence-electron chi connectivity index (χ2n) is 3.45. The van der Waals surface area contributed by atoms with Gasteiger partial charge in [-0.15, -0.1) is 0 Å². The van der Waals surface area contributed by atoms with Gasteiger partial charge in [-0.3, -0.25) is 0 Å². The quantitative estimate of drug-likeness (QED) is 0.771. The molecule has 1 unspecified atom stereocenters. The highest BCUT2D eigenvalue weighted by Gasteiger charge is 2.35. The molecular weight excluding hydrogens is 235 g/mol. The largest absolute Gasteiger partial charge is 0.502 e. The highest BCUT2D eigenvalue weighted by Crippen LogP contribution is 2.38. The third-order valence-electron chi connectivity index (χ3n) is 2.45. The second-order valence-corrected chi connectivity index (χ2v) is 3.86. The number of cyclic esters (lactones) is 1. The van der Waals surface area contributed by atoms with Crippen LogP contribution in [0, 0.1) is 5.82 Å². The zero-order chi connectivity index (χ0) is 11.9. The fourth-order valence-electron chi connectivity index (χ4n) is 1.57. The number of hydrogen-bond donors (Lipinski definition) is 1. The summed E-state index contributed by atoms with van der Waals surface area (Å²) in [4.78, 5) is 11.1. The van der Waals surface area contributed by atoms with Crippen molar-refractivity contribution in [1.29, 1.82) is 0 Å². The minimum Gasteiger partial charge on any atom is -0.502 e. The number of rotatable bonds is 1. The predicted octanol–water partition coefficient (Wildman–Crippen LogP) is 2.91. The van der Waals surface area contributed by atoms with Gasteiger partial charge in [-0.05, 0) is 19.1 Å². The Bertz CT molecular complexity index is 476. The first kappa shape index (κ1) is 11.0. The Morgan fingerprint density at radius 3 is 2.69 bits per heavy atom. The molecule has 2 rings (SSSR count). The monoisotopic (exact) mass is 242 g/mol. The van der Waals surface area contributed by atoms with E-state index in [1.54, 1.807) is 0 Å². The van der Waals surface area contributed by atoms with Gasteiger partial charge in [0.05, 0.1) is 10.6 Å². The molecule has 5 heteroatoms. The van der Waals surface area contributed by atoms with E-state index in [0.717, 1.165) is 0 Å². The van der Waals surface area contributed by atoms with Crippen LogP contribution in [-0.2, 0) is 9.53 Å². The van der Waals surface area contributed by atoms with Gasteiger partial charge in [0.25, 0.3) is 0 Å². The summed E-state index contributed by atoms with van der Waals surface area (Å²) in [5.74, 6) is -1.91. The molecule has 0 amide bonds. The van der Waals surface area contributed by atoms with E-state index in [4.69, 9.17) is 16.3 Å². The molecule has 0 saturated heterocycles. The highest BCUT2D eigenvalue weighted by molar-refractivity contribution is 6.31. The second kappa shape index (κ2) is 3.79. The lowest BCUT2D eigenvalue weighted by atomic mass is 10.0. The predicted molar refractivity (Wildman–Crippen MR) is 55.6 cm³/mol. The topological polar surface area (TPSA) is 46.5 Å². The van der Waals surface area contributed by atoms with Crippen molar-refractivity contribution in [2.24, 2.45) is 0 Å². The summed E-state index contributed by atoms with van der Waals surface area (Å²) in [5.41, 5.74) is 0.330. The average Bonchev–Trinajstić information content (AvgIpc) is 2.47. The van der Waals surface area contributed by atoms with Crippen LogP contribution in [-0.4, -0.2) is 11.1 Å². The molecule has 0 radical (unpaired) electrons. The van der Waals surface area contributed by atoms with Crippen LogP contribution in [0.2, 0.25) is 5.02 Å². The Morgan fingerprint density at radius 2 is 2.19 bits per heavy atom. The van der Waals surface area contributed by atoms with Gasteiger partial charge in [0.15, 0.2) is 6.10 Å². The fraction of sp³-hybridized carbons (Fsp3) is 0.182. The van der Waals surface area contributed by atoms with Crippen LogP contribution in [0.3, 0.4) is 0 Å². The van der Waals surface area contributed by atoms with Crippen LogP contribution in [0.1, 0.15) is 18.6 Å². The van der Waals surface area contributed by atoms with E-state index < -0.39 is 23.6 Å². The van der Waals surface area contributed by atoms with E-state index in [2.05, 4.69) is 0 Å². The molecule has 0 aliphatic carbocycles. The molecule has 1 heterocycles. The SMILES string of the molecule is CC1=C(O)C(=O)OC1c1c(F)cccc1Cl. The Morgan fingerprint density at radius 1 is 1.50 bits per heavy atom. The number of aliphatic hydroxyl groups excluding tert-OH is 1. The van der Waals surface area contributed by atoms with E-state index in [9.17, 15) is 14.3 Å². The minimum atomic E-state index is -0.943. The molecule has 0 saturated carbocycles. The molecule has 1 aromatic carbocycles. The number of ether oxygens (including phenoxy) is 1. The number of hydrogen-bond acceptors (Lipinski definition) is 3. The van der Waals surface area contributed by atoms with Crippen LogP contribution >= 0.6 is 11.6 Å². The molecule has 16 heavy (non-hydrogen) atoms. The maximum absolute atomic E-state index is 13.5. The van der Waals surface area contributed by atoms with Crippen LogP contribution < -0.4 is 0 Å². The lowest BCUT2D eigenvalue weighted by Crippen LogP contribution is -2.05. The van der Waals surface area contributed by atoms with Gasteiger partial charge >= 0.3 is 5.97 Å². The van der Waals surface area contributed by atoms with E-state index in [1.807, 2.05) is 0 Å². The maximum atomic E-state index is 13.5. The van der Waals surface area contributed by atoms with Gasteiger partial charge in [0.2, 0.25) is 5.76 Å². The molecule has 1 aromatic rings. The molecule has 0 bridgehead atoms. The molecule has 3 nitrogen and oxygen atoms in total. The normalized spacial score (nSPS) is 20.2. The van der Waals surface area contributed by atoms with E-state index in [1.165, 1.54) is 25.1 Å². The zero-order valence-electron chi connectivity index (χ0n) is 8.33. The molecule has 0 aromatic heterocycles. The van der Waals surface area contributed by atoms with Crippen molar-refractivity contribution in [3.05, 3.63) is 45.9 Å². The molecule has 84 valence electrons. The molecule has 1 atom stereocenters. The lowest BCUT2D eigenvalue weighted by molar-refractivity contribution is -0.142. The molecular formula is C11H8ClFO3. The maximum Gasteiger partial charge on any atom is 0.374 e. The molecule has 1 aliphatic heterocycles. The van der Waals surface area contributed by atoms with Crippen molar-refractivity contribution in [1.82, 2.24) is 0 Å². The van der Waals surface area contributed by atoms with Crippen molar-refractivity contribution in [2.75, 3.05) is 0 Å². The summed E-state index contributed by atoms with van der Waals surface area (Å²) >= 11 is 5.83. The van der Waals surface area contributed by atoms with Crippen molar-refractivity contribution >= 4 is 17.6 Å². The molecule has 0 spiro atoms. The van der Waals surface area contributed by atoms with Crippen LogP contribution in [0.15, 0.2) is 29.5 Å². The van der Waals surface area contributed by atoms with Crippen LogP contribution in [0.25, 0.3) is 0 Å². The van der Waals surface area contributed by atoms with Gasteiger partial charge in [-0.25, -0.2) is 9.18 Å². The third-order valence-corrected chi connectivity index (χ3v) is 2.78. The summed E-state index contributed by atoms with van der Waals surface area (Å²) in [6.45, 7) is 1.49. The lowest BCUT2D eigenvalue weighted by Gasteiger charge is -2.13. The van der Waals surface area contributed by atoms with Gasteiger partial charge in [-0.1, -0.05) is 17.7 Å². The van der Waals surface area contributed by atoms with Crippen molar-refractivity contribution in [3.8, 4) is 0 Å². The van der Waals surface area contributed by atoms with Crippen molar-refractivity contribution < 1.29 is 19.0 Å². The van der Waals surface area contributed by atoms with Gasteiger partial charge in [0.1, 0.15) is 5.82 Å². The zero-order valence-corrected chi connectivity index (χ0v) is 9.08. The first-order valence-corrected chi connectivity index (χ1v) is 4.94. The first-order valence-electron chi connectivity index (χ1n) is 4.57. The summed E-state index contributed by atoms with van der Waals surface area (Å²) in [5, 5.41) is 9.48. The Balaban J connectivity index is 2.52. The molecule has 0 fully saturated rings. The van der Waals surface area contributed by atoms with Gasteiger partial charge < -0.3 is 9.84 Å². The number of halogens is 2. The molecule has 1 N–H and O–H groups in total. The van der Waals surface area contributed by atoms with Crippen LogP contribution in [0.4, 0.5) is 4.39 Å². The first-order chi connectivity index (χ1) is 7.52. The Kier molecular flexibility index (Phi) is 2.59. The van der Waals surface area contributed by atoms with Crippen molar-refractivity contribution in [2.45, 2.75) is 13.0 Å². The Hall–Kier alpha value is -1.55. The fourth-order valence-corrected chi connectivity index (χ4v) is 1.84. The summed E-state index contributed by atoms with van der Waals surface area (Å²) in [7, 11) is 0. The smallest absolute Gasteiger partial charge is 0.374 e. The number of benzene rings is 1. The summed E-state index contributed by atoms with van der Waals surface area (Å²) in [6.07, 6.45) is -0.943. The average molecular weight is 243 g/mol. The standard InChI is InChI=1S/C11H8ClFO3/c1-5-9(14)11(15)16-10(5)8-6(12)3-2-4-7(8)13/h2-4,10,14H,1H3. The van der Waals surface area contributed by atoms with Crippen LogP contribution in [0.5, 0.6) is 0 Å². The van der Waals surface area contributed by atoms with Crippen molar-refractivity contribution in [3.63, 3.8) is 0 Å². The Labute approximate surface area is 96.1 Å². The van der Waals surface area contributed by atoms with E-state index in [0.29, 0.717) is 0 Å². The number of aliphatic hydroxyl groups is 1. The minimum absolute atomic E-state index is 0.0686.